The van der Waals surface area contributed by atoms with E-state index >= 15 is 0 Å². The molecule has 1 aliphatic rings. The van der Waals surface area contributed by atoms with Crippen LogP contribution in [0.25, 0.3) is 5.65 Å². The molecule has 0 aliphatic carbocycles. The van der Waals surface area contributed by atoms with Gasteiger partial charge in [0, 0.05) is 37.0 Å². The zero-order valence-electron chi connectivity index (χ0n) is 16.7. The average Bonchev–Trinajstić information content (AvgIpc) is 3.46. The van der Waals surface area contributed by atoms with Gasteiger partial charge in [-0.3, -0.25) is 4.79 Å². The second-order valence-corrected chi connectivity index (χ2v) is 9.44. The highest BCUT2D eigenvalue weighted by molar-refractivity contribution is 7.91. The van der Waals surface area contributed by atoms with Crippen molar-refractivity contribution in [1.82, 2.24) is 9.38 Å². The Morgan fingerprint density at radius 2 is 1.90 bits per heavy atom. The van der Waals surface area contributed by atoms with Crippen LogP contribution >= 0.6 is 0 Å². The van der Waals surface area contributed by atoms with Crippen molar-refractivity contribution in [3.8, 4) is 5.75 Å². The first-order valence-electron chi connectivity index (χ1n) is 10.1. The van der Waals surface area contributed by atoms with Crippen LogP contribution in [-0.4, -0.2) is 30.2 Å². The molecule has 3 heterocycles. The van der Waals surface area contributed by atoms with Crippen molar-refractivity contribution in [2.24, 2.45) is 0 Å². The van der Waals surface area contributed by atoms with Crippen LogP contribution in [0.15, 0.2) is 83.0 Å². The van der Waals surface area contributed by atoms with Crippen molar-refractivity contribution in [2.45, 2.75) is 29.1 Å². The molecule has 0 spiro atoms. The number of benzene rings is 2. The van der Waals surface area contributed by atoms with Crippen molar-refractivity contribution < 1.29 is 17.9 Å². The number of sulfone groups is 1. The number of ketones is 1. The largest absolute Gasteiger partial charge is 0.492 e. The van der Waals surface area contributed by atoms with Gasteiger partial charge in [0.25, 0.3) is 0 Å². The van der Waals surface area contributed by atoms with Gasteiger partial charge in [0.15, 0.2) is 5.78 Å². The minimum absolute atomic E-state index is 0.0318. The lowest BCUT2D eigenvalue weighted by Crippen LogP contribution is -2.05. The van der Waals surface area contributed by atoms with E-state index in [0.717, 1.165) is 23.2 Å². The second-order valence-electron chi connectivity index (χ2n) is 7.52. The normalized spacial score (nSPS) is 13.2. The van der Waals surface area contributed by atoms with Gasteiger partial charge in [-0.25, -0.2) is 13.4 Å². The summed E-state index contributed by atoms with van der Waals surface area (Å²) < 4.78 is 33.6. The van der Waals surface area contributed by atoms with E-state index in [1.54, 1.807) is 61.1 Å². The van der Waals surface area contributed by atoms with E-state index in [2.05, 4.69) is 4.98 Å². The number of nitrogens with zero attached hydrogens (tertiary/aromatic N) is 2. The molecule has 0 amide bonds. The zero-order valence-corrected chi connectivity index (χ0v) is 17.5. The number of imidazole rings is 1. The zero-order chi connectivity index (χ0) is 21.4. The van der Waals surface area contributed by atoms with Gasteiger partial charge in [0.1, 0.15) is 16.3 Å². The molecular weight excluding hydrogens is 412 g/mol. The number of ether oxygens (including phenoxy) is 1. The summed E-state index contributed by atoms with van der Waals surface area (Å²) in [7, 11) is -3.67. The van der Waals surface area contributed by atoms with Gasteiger partial charge in [0.2, 0.25) is 9.84 Å². The third kappa shape index (κ3) is 3.61. The molecule has 31 heavy (non-hydrogen) atoms. The first-order valence-corrected chi connectivity index (χ1v) is 11.6. The van der Waals surface area contributed by atoms with Crippen molar-refractivity contribution in [3.05, 3.63) is 89.9 Å². The van der Waals surface area contributed by atoms with Gasteiger partial charge in [-0.1, -0.05) is 24.3 Å². The summed E-state index contributed by atoms with van der Waals surface area (Å²) in [6.07, 6.45) is 6.87. The molecule has 2 aromatic heterocycles. The summed E-state index contributed by atoms with van der Waals surface area (Å²) in [5.74, 6) is 0.497. The molecule has 0 atom stereocenters. The third-order valence-corrected chi connectivity index (χ3v) is 7.35. The van der Waals surface area contributed by atoms with Crippen LogP contribution < -0.4 is 4.74 Å². The Morgan fingerprint density at radius 1 is 1.06 bits per heavy atom. The number of aryl methyl sites for hydroxylation is 1. The molecule has 5 rings (SSSR count). The number of pyridine rings is 1. The Kier molecular flexibility index (Phi) is 4.82. The standard InChI is InChI=1S/C24H20N2O4S/c27-21(19-7-11-23-25-13-14-26(23)16-19)10-6-17-4-8-20(9-5-17)31(28,29)22-3-1-2-18-12-15-30-24(18)22/h1-5,7-9,11,13-14,16H,6,10,12,15H2. The topological polar surface area (TPSA) is 77.7 Å². The van der Waals surface area contributed by atoms with Crippen LogP contribution in [0.5, 0.6) is 5.75 Å². The van der Waals surface area contributed by atoms with Gasteiger partial charge in [-0.2, -0.15) is 0 Å². The molecule has 6 nitrogen and oxygen atoms in total. The van der Waals surface area contributed by atoms with Crippen LogP contribution in [0.3, 0.4) is 0 Å². The summed E-state index contributed by atoms with van der Waals surface area (Å²) in [4.78, 5) is 17.2. The Morgan fingerprint density at radius 3 is 2.74 bits per heavy atom. The van der Waals surface area contributed by atoms with Gasteiger partial charge >= 0.3 is 0 Å². The van der Waals surface area contributed by atoms with E-state index < -0.39 is 9.84 Å². The molecule has 7 heteroatoms. The SMILES string of the molecule is O=C(CCc1ccc(S(=O)(=O)c2cccc3c2OCC3)cc1)c1ccc2nccn2c1. The summed E-state index contributed by atoms with van der Waals surface area (Å²) in [5, 5.41) is 0. The summed E-state index contributed by atoms with van der Waals surface area (Å²) >= 11 is 0. The molecule has 156 valence electrons. The minimum Gasteiger partial charge on any atom is -0.492 e. The quantitative estimate of drug-likeness (QED) is 0.432. The van der Waals surface area contributed by atoms with Crippen LogP contribution in [0, 0.1) is 0 Å². The van der Waals surface area contributed by atoms with Gasteiger partial charge in [-0.15, -0.1) is 0 Å². The van der Waals surface area contributed by atoms with E-state index in [9.17, 15) is 13.2 Å². The Labute approximate surface area is 180 Å². The predicted octanol–water partition coefficient (Wildman–Crippen LogP) is 3.92. The number of carbonyl (C=O) groups is 1. The monoisotopic (exact) mass is 432 g/mol. The second kappa shape index (κ2) is 7.67. The fourth-order valence-electron chi connectivity index (χ4n) is 3.85. The van der Waals surface area contributed by atoms with Gasteiger partial charge < -0.3 is 9.14 Å². The lowest BCUT2D eigenvalue weighted by Gasteiger charge is -2.10. The number of aromatic nitrogens is 2. The van der Waals surface area contributed by atoms with Gasteiger partial charge in [0.05, 0.1) is 11.5 Å². The number of Topliss-reactive ketones (excluding diaryl/α,β-unsaturated/α-hetero) is 1. The molecule has 0 saturated carbocycles. The van der Waals surface area contributed by atoms with Crippen LogP contribution in [-0.2, 0) is 22.7 Å². The Bertz CT molecular complexity index is 1390. The van der Waals surface area contributed by atoms with Gasteiger partial charge in [-0.05, 0) is 47.9 Å². The number of hydrogen-bond acceptors (Lipinski definition) is 5. The lowest BCUT2D eigenvalue weighted by molar-refractivity contribution is 0.0982. The van der Waals surface area contributed by atoms with Crippen molar-refractivity contribution >= 4 is 21.3 Å². The first kappa shape index (κ1) is 19.5. The summed E-state index contributed by atoms with van der Waals surface area (Å²) in [6, 6.07) is 15.6. The van der Waals surface area contributed by atoms with Crippen LogP contribution in [0.2, 0.25) is 0 Å². The lowest BCUT2D eigenvalue weighted by atomic mass is 10.0. The van der Waals surface area contributed by atoms with E-state index in [4.69, 9.17) is 4.74 Å². The first-order chi connectivity index (χ1) is 15.0. The molecule has 0 radical (unpaired) electrons. The number of carbonyl (C=O) groups excluding carboxylic acids is 1. The highest BCUT2D eigenvalue weighted by Gasteiger charge is 2.26. The highest BCUT2D eigenvalue weighted by atomic mass is 32.2. The van der Waals surface area contributed by atoms with E-state index in [0.29, 0.717) is 30.8 Å². The van der Waals surface area contributed by atoms with Crippen molar-refractivity contribution in [2.75, 3.05) is 6.61 Å². The molecule has 0 N–H and O–H groups in total. The maximum Gasteiger partial charge on any atom is 0.210 e. The number of rotatable bonds is 6. The fourth-order valence-corrected chi connectivity index (χ4v) is 5.29. The fraction of sp³-hybridized carbons (Fsp3) is 0.167. The van der Waals surface area contributed by atoms with E-state index in [1.165, 1.54) is 0 Å². The predicted molar refractivity (Wildman–Crippen MR) is 115 cm³/mol. The van der Waals surface area contributed by atoms with Crippen LogP contribution in [0.4, 0.5) is 0 Å². The molecule has 0 fully saturated rings. The maximum absolute atomic E-state index is 13.1. The molecule has 0 bridgehead atoms. The average molecular weight is 433 g/mol. The molecule has 4 aromatic rings. The maximum atomic E-state index is 13.1. The molecule has 2 aromatic carbocycles. The summed E-state index contributed by atoms with van der Waals surface area (Å²) in [5.41, 5.74) is 3.25. The van der Waals surface area contributed by atoms with Crippen molar-refractivity contribution in [3.63, 3.8) is 0 Å². The molecular formula is C24H20N2O4S. The van der Waals surface area contributed by atoms with Crippen LogP contribution in [0.1, 0.15) is 27.9 Å². The number of hydrogen-bond donors (Lipinski definition) is 0. The Balaban J connectivity index is 1.31. The molecule has 0 saturated heterocycles. The number of para-hydroxylation sites is 1. The molecule has 0 unspecified atom stereocenters. The minimum atomic E-state index is -3.67. The Hall–Kier alpha value is -3.45. The molecule has 1 aliphatic heterocycles. The smallest absolute Gasteiger partial charge is 0.210 e. The highest BCUT2D eigenvalue weighted by Crippen LogP contribution is 2.35. The van der Waals surface area contributed by atoms with E-state index in [1.807, 2.05) is 16.5 Å². The summed E-state index contributed by atoms with van der Waals surface area (Å²) in [6.45, 7) is 0.503. The van der Waals surface area contributed by atoms with E-state index in [-0.39, 0.29) is 15.6 Å². The number of fused-ring (bicyclic) bond motifs is 2. The van der Waals surface area contributed by atoms with Crippen molar-refractivity contribution in [1.29, 1.82) is 0 Å². The third-order valence-electron chi connectivity index (χ3n) is 5.55.